The Morgan fingerprint density at radius 2 is 1.66 bits per heavy atom. The van der Waals surface area contributed by atoms with Gasteiger partial charge in [-0.1, -0.05) is 44.2 Å². The summed E-state index contributed by atoms with van der Waals surface area (Å²) >= 11 is 1.06. The van der Waals surface area contributed by atoms with Gasteiger partial charge >= 0.3 is 18.1 Å². The second kappa shape index (κ2) is 14.1. The van der Waals surface area contributed by atoms with E-state index < -0.39 is 61.0 Å². The van der Waals surface area contributed by atoms with E-state index in [0.717, 1.165) is 23.5 Å². The number of esters is 1. The predicted octanol–water partition coefficient (Wildman–Crippen LogP) is 7.89. The fourth-order valence-electron chi connectivity index (χ4n) is 4.24. The minimum Gasteiger partial charge on any atom is -0.481 e. The Labute approximate surface area is 275 Å². The van der Waals surface area contributed by atoms with Gasteiger partial charge in [0.1, 0.15) is 16.5 Å². The number of anilines is 1. The monoisotopic (exact) mass is 696 g/mol. The molecule has 2 atom stereocenters. The number of nitro benzene ring substituents is 1. The number of rotatable bonds is 12. The molecule has 0 amide bonds. The Kier molecular flexibility index (Phi) is 11.2. The number of hydrogen-bond donors (Lipinski definition) is 2. The molecule has 0 spiro atoms. The van der Waals surface area contributed by atoms with E-state index in [1.807, 2.05) is 33.9 Å². The first-order valence-electron chi connectivity index (χ1n) is 14.6. The number of carbonyl (C=O) groups is 2. The van der Waals surface area contributed by atoms with Crippen LogP contribution in [0.3, 0.4) is 0 Å². The summed E-state index contributed by atoms with van der Waals surface area (Å²) < 4.78 is 52.7. The maximum absolute atomic E-state index is 13.8. The van der Waals surface area contributed by atoms with Crippen molar-refractivity contribution in [2.45, 2.75) is 84.0 Å². The number of aromatic nitrogens is 2. The zero-order valence-corrected chi connectivity index (χ0v) is 29.2. The van der Waals surface area contributed by atoms with Crippen LogP contribution < -0.4 is 5.32 Å². The topological polar surface area (TPSA) is 154 Å². The summed E-state index contributed by atoms with van der Waals surface area (Å²) in [5, 5.41) is 32.2. The largest absolute Gasteiger partial charge is 0.481 e. The molecule has 3 aromatic rings. The lowest BCUT2D eigenvalue weighted by molar-refractivity contribution is -0.385. The van der Waals surface area contributed by atoms with Crippen molar-refractivity contribution in [2.24, 2.45) is 5.92 Å². The third kappa shape index (κ3) is 10.0. The number of alkyl halides is 3. The highest BCUT2D eigenvalue weighted by Gasteiger charge is 2.44. The lowest BCUT2D eigenvalue weighted by Crippen LogP contribution is -2.45. The zero-order chi connectivity index (χ0) is 35.5. The quantitative estimate of drug-likeness (QED) is 0.0827. The van der Waals surface area contributed by atoms with Crippen LogP contribution in [0.4, 0.5) is 24.0 Å². The van der Waals surface area contributed by atoms with Crippen molar-refractivity contribution >= 4 is 42.4 Å². The molecular formula is C31H39F3N4O7SSi. The van der Waals surface area contributed by atoms with Gasteiger partial charge in [0.15, 0.2) is 8.32 Å². The van der Waals surface area contributed by atoms with Crippen molar-refractivity contribution in [3.63, 3.8) is 0 Å². The summed E-state index contributed by atoms with van der Waals surface area (Å²) in [6, 6.07) is 8.54. The summed E-state index contributed by atoms with van der Waals surface area (Å²) in [6.45, 7) is 15.0. The number of carboxylic acid groups (broad SMARTS) is 1. The summed E-state index contributed by atoms with van der Waals surface area (Å²) in [5.41, 5.74) is -1.28. The lowest BCUT2D eigenvalue weighted by Gasteiger charge is -2.41. The summed E-state index contributed by atoms with van der Waals surface area (Å²) in [5.74, 6) is -2.90. The van der Waals surface area contributed by atoms with Crippen LogP contribution in [0, 0.1) is 16.0 Å². The molecule has 0 fully saturated rings. The third-order valence-corrected chi connectivity index (χ3v) is 13.0. The second-order valence-corrected chi connectivity index (χ2v) is 19.3. The van der Waals surface area contributed by atoms with Crippen LogP contribution in [0.5, 0.6) is 0 Å². The molecule has 0 saturated heterocycles. The molecule has 1 aromatic heterocycles. The highest BCUT2D eigenvalue weighted by Crippen LogP contribution is 2.43. The molecular weight excluding hydrogens is 658 g/mol. The molecule has 0 saturated carbocycles. The summed E-state index contributed by atoms with van der Waals surface area (Å²) in [6.07, 6.45) is -6.10. The van der Waals surface area contributed by atoms with Crippen molar-refractivity contribution in [1.29, 1.82) is 0 Å². The number of nitro groups is 1. The molecule has 0 aliphatic heterocycles. The number of halogens is 3. The van der Waals surface area contributed by atoms with Gasteiger partial charge in [-0.2, -0.15) is 13.2 Å². The number of ether oxygens (including phenoxy) is 1. The summed E-state index contributed by atoms with van der Waals surface area (Å²) in [7, 11) is -2.62. The smallest absolute Gasteiger partial charge is 0.416 e. The highest BCUT2D eigenvalue weighted by atomic mass is 32.1. The number of nitrogens with zero attached hydrogens (tertiary/aromatic N) is 3. The number of hydrogen-bond acceptors (Lipinski definition) is 10. The first kappa shape index (κ1) is 37.6. The maximum atomic E-state index is 13.8. The molecule has 0 radical (unpaired) electrons. The van der Waals surface area contributed by atoms with E-state index in [9.17, 15) is 38.0 Å². The van der Waals surface area contributed by atoms with E-state index in [-0.39, 0.29) is 28.0 Å². The van der Waals surface area contributed by atoms with Gasteiger partial charge in [0, 0.05) is 23.7 Å². The molecule has 11 nitrogen and oxygen atoms in total. The standard InChI is InChI=1S/C31H39F3N4O7SSi/c1-29(2,3)44-27(41)22(25(45-47(7,8)30(4,5)6)18-9-12-21(13-10-18)31(32,33)34)17-35-28-37-36-26(46-28)19-11-14-23(38(42)43)20(15-19)16-24(39)40/h9-15,22,25H,16-17H2,1-8H3,(H,35,37)(H,39,40)/t22-,25-/m1/s1. The van der Waals surface area contributed by atoms with Gasteiger partial charge in [-0.05, 0) is 68.7 Å². The van der Waals surface area contributed by atoms with Crippen LogP contribution in [0.1, 0.15) is 64.3 Å². The predicted molar refractivity (Wildman–Crippen MR) is 174 cm³/mol. The molecule has 3 rings (SSSR count). The van der Waals surface area contributed by atoms with Gasteiger partial charge in [-0.3, -0.25) is 19.7 Å². The SMILES string of the molecule is CC(C)(C)OC(=O)[C@H](CNc1nnc(-c2ccc([N+](=O)[O-])c(CC(=O)O)c2)s1)[C@H](O[Si](C)(C)C(C)(C)C)c1ccc(C(F)(F)F)cc1. The van der Waals surface area contributed by atoms with Crippen molar-refractivity contribution in [1.82, 2.24) is 10.2 Å². The summed E-state index contributed by atoms with van der Waals surface area (Å²) in [4.78, 5) is 35.8. The fraction of sp³-hybridized carbons (Fsp3) is 0.484. The number of carbonyl (C=O) groups excluding carboxylic acids is 1. The van der Waals surface area contributed by atoms with Crippen LogP contribution in [0.2, 0.25) is 18.1 Å². The van der Waals surface area contributed by atoms with E-state index in [0.29, 0.717) is 16.1 Å². The molecule has 16 heteroatoms. The van der Waals surface area contributed by atoms with Crippen LogP contribution in [-0.2, 0) is 31.3 Å². The van der Waals surface area contributed by atoms with Crippen LogP contribution in [-0.4, -0.2) is 52.6 Å². The van der Waals surface area contributed by atoms with E-state index in [4.69, 9.17) is 9.16 Å². The highest BCUT2D eigenvalue weighted by molar-refractivity contribution is 7.18. The molecule has 0 aliphatic carbocycles. The Hall–Kier alpha value is -3.89. The van der Waals surface area contributed by atoms with Crippen LogP contribution >= 0.6 is 11.3 Å². The Balaban J connectivity index is 2.01. The van der Waals surface area contributed by atoms with Crippen LogP contribution in [0.25, 0.3) is 10.6 Å². The Morgan fingerprint density at radius 3 is 2.17 bits per heavy atom. The molecule has 256 valence electrons. The van der Waals surface area contributed by atoms with Gasteiger partial charge in [0.05, 0.1) is 23.0 Å². The minimum absolute atomic E-state index is 0.00291. The van der Waals surface area contributed by atoms with E-state index in [2.05, 4.69) is 15.5 Å². The van der Waals surface area contributed by atoms with Crippen molar-refractivity contribution < 1.29 is 42.0 Å². The van der Waals surface area contributed by atoms with Gasteiger partial charge in [0.2, 0.25) is 5.13 Å². The maximum Gasteiger partial charge on any atom is 0.416 e. The molecule has 1 heterocycles. The van der Waals surface area contributed by atoms with Crippen LogP contribution in [0.15, 0.2) is 42.5 Å². The number of nitrogens with one attached hydrogen (secondary N) is 1. The number of carboxylic acids is 1. The van der Waals surface area contributed by atoms with E-state index in [1.165, 1.54) is 30.3 Å². The Morgan fingerprint density at radius 1 is 1.04 bits per heavy atom. The van der Waals surface area contributed by atoms with Gasteiger partial charge in [-0.15, -0.1) is 10.2 Å². The van der Waals surface area contributed by atoms with E-state index in [1.54, 1.807) is 20.8 Å². The number of benzene rings is 2. The molecule has 47 heavy (non-hydrogen) atoms. The molecule has 0 aliphatic rings. The fourth-order valence-corrected chi connectivity index (χ4v) is 6.28. The average Bonchev–Trinajstić information content (AvgIpc) is 3.39. The molecule has 2 aromatic carbocycles. The number of aliphatic carboxylic acids is 1. The minimum atomic E-state index is -4.55. The lowest BCUT2D eigenvalue weighted by atomic mass is 9.94. The van der Waals surface area contributed by atoms with Gasteiger partial charge < -0.3 is 19.6 Å². The van der Waals surface area contributed by atoms with Gasteiger partial charge in [-0.25, -0.2) is 0 Å². The van der Waals surface area contributed by atoms with Crippen molar-refractivity contribution in [3.05, 3.63) is 69.3 Å². The molecule has 0 unspecified atom stereocenters. The van der Waals surface area contributed by atoms with Gasteiger partial charge in [0.25, 0.3) is 5.69 Å². The first-order chi connectivity index (χ1) is 21.5. The second-order valence-electron chi connectivity index (χ2n) is 13.5. The van der Waals surface area contributed by atoms with Crippen molar-refractivity contribution in [2.75, 3.05) is 11.9 Å². The normalized spacial score (nSPS) is 13.9. The first-order valence-corrected chi connectivity index (χ1v) is 18.4. The molecule has 0 bridgehead atoms. The average molecular weight is 697 g/mol. The zero-order valence-electron chi connectivity index (χ0n) is 27.4. The van der Waals surface area contributed by atoms with Crippen molar-refractivity contribution in [3.8, 4) is 10.6 Å². The Bertz CT molecular complexity index is 1600. The van der Waals surface area contributed by atoms with E-state index >= 15 is 0 Å². The third-order valence-electron chi connectivity index (χ3n) is 7.63. The molecule has 2 N–H and O–H groups in total.